The number of para-hydroxylation sites is 2. The van der Waals surface area contributed by atoms with Crippen molar-refractivity contribution in [1.82, 2.24) is 19.1 Å². The first-order chi connectivity index (χ1) is 14.5. The number of amides is 1. The molecule has 4 rings (SSSR count). The van der Waals surface area contributed by atoms with Crippen molar-refractivity contribution in [1.29, 1.82) is 0 Å². The van der Waals surface area contributed by atoms with E-state index in [0.29, 0.717) is 11.4 Å². The van der Waals surface area contributed by atoms with Gasteiger partial charge in [-0.15, -0.1) is 0 Å². The summed E-state index contributed by atoms with van der Waals surface area (Å²) in [5.74, 6) is 0.876. The number of hydrogen-bond acceptors (Lipinski definition) is 5. The molecule has 154 valence electrons. The summed E-state index contributed by atoms with van der Waals surface area (Å²) in [6.45, 7) is 0.0967. The average Bonchev–Trinajstić information content (AvgIpc) is 3.28. The van der Waals surface area contributed by atoms with Crippen LogP contribution in [0.1, 0.15) is 5.82 Å². The number of aryl methyl sites for hydroxylation is 1. The van der Waals surface area contributed by atoms with Gasteiger partial charge in [0, 0.05) is 24.3 Å². The van der Waals surface area contributed by atoms with Gasteiger partial charge in [-0.3, -0.25) is 4.79 Å². The highest BCUT2D eigenvalue weighted by Crippen LogP contribution is 2.33. The fourth-order valence-corrected chi connectivity index (χ4v) is 4.46. The number of fused-ring (bicyclic) bond motifs is 1. The molecule has 0 saturated heterocycles. The maximum absolute atomic E-state index is 13.9. The Labute approximate surface area is 181 Å². The van der Waals surface area contributed by atoms with Crippen molar-refractivity contribution in [3.63, 3.8) is 0 Å². The first kappa shape index (κ1) is 20.5. The molecule has 1 amide bonds. The van der Waals surface area contributed by atoms with E-state index in [-0.39, 0.29) is 12.5 Å². The van der Waals surface area contributed by atoms with Gasteiger partial charge in [-0.1, -0.05) is 12.1 Å². The van der Waals surface area contributed by atoms with E-state index in [2.05, 4.69) is 15.3 Å². The van der Waals surface area contributed by atoms with Gasteiger partial charge in [0.15, 0.2) is 5.16 Å². The number of anilines is 1. The summed E-state index contributed by atoms with van der Waals surface area (Å²) in [5.41, 5.74) is 2.17. The Balaban J connectivity index is 1.59. The minimum Gasteiger partial charge on any atom is -0.329 e. The highest BCUT2D eigenvalue weighted by Gasteiger charge is 2.16. The molecular formula is C21H20FN5OS2. The van der Waals surface area contributed by atoms with Gasteiger partial charge < -0.3 is 14.5 Å². The molecule has 2 aromatic heterocycles. The summed E-state index contributed by atoms with van der Waals surface area (Å²) < 4.78 is 17.7. The smallest absolute Gasteiger partial charge is 0.244 e. The van der Waals surface area contributed by atoms with Crippen LogP contribution in [-0.4, -0.2) is 31.3 Å². The molecule has 2 heterocycles. The molecule has 1 N–H and O–H groups in total. The maximum Gasteiger partial charge on any atom is 0.244 e. The van der Waals surface area contributed by atoms with Crippen LogP contribution < -0.4 is 5.32 Å². The molecule has 0 fully saturated rings. The summed E-state index contributed by atoms with van der Waals surface area (Å²) in [6, 6.07) is 12.1. The average molecular weight is 442 g/mol. The molecule has 0 aliphatic carbocycles. The van der Waals surface area contributed by atoms with Gasteiger partial charge in [0.2, 0.25) is 5.91 Å². The Hall–Kier alpha value is -2.78. The minimum absolute atomic E-state index is 0.0967. The Morgan fingerprint density at radius 3 is 2.83 bits per heavy atom. The fraction of sp³-hybridized carbons (Fsp3) is 0.190. The van der Waals surface area contributed by atoms with Crippen LogP contribution in [0.4, 0.5) is 10.1 Å². The van der Waals surface area contributed by atoms with E-state index in [0.717, 1.165) is 26.9 Å². The fourth-order valence-electron chi connectivity index (χ4n) is 3.11. The molecule has 4 aromatic rings. The third-order valence-electron chi connectivity index (χ3n) is 4.50. The van der Waals surface area contributed by atoms with E-state index in [9.17, 15) is 9.18 Å². The van der Waals surface area contributed by atoms with Crippen LogP contribution in [-0.2, 0) is 24.1 Å². The molecule has 0 radical (unpaired) electrons. The number of halogens is 1. The minimum atomic E-state index is -0.411. The van der Waals surface area contributed by atoms with Crippen molar-refractivity contribution in [2.24, 2.45) is 7.05 Å². The Morgan fingerprint density at radius 1 is 1.23 bits per heavy atom. The van der Waals surface area contributed by atoms with Crippen molar-refractivity contribution < 1.29 is 9.18 Å². The number of imidazole rings is 2. The van der Waals surface area contributed by atoms with Crippen LogP contribution in [0.15, 0.2) is 64.9 Å². The lowest BCUT2D eigenvalue weighted by Crippen LogP contribution is -2.20. The normalized spacial score (nSPS) is 11.2. The Morgan fingerprint density at radius 2 is 2.07 bits per heavy atom. The molecule has 0 aliphatic rings. The number of rotatable bonds is 7. The second-order valence-corrected chi connectivity index (χ2v) is 8.52. The number of carbonyl (C=O) groups is 1. The second-order valence-electron chi connectivity index (χ2n) is 6.65. The van der Waals surface area contributed by atoms with Crippen LogP contribution in [0.25, 0.3) is 11.0 Å². The van der Waals surface area contributed by atoms with Gasteiger partial charge in [0.1, 0.15) is 18.2 Å². The number of nitrogens with zero attached hydrogens (tertiary/aromatic N) is 4. The van der Waals surface area contributed by atoms with Crippen molar-refractivity contribution in [3.8, 4) is 0 Å². The van der Waals surface area contributed by atoms with Crippen molar-refractivity contribution in [2.45, 2.75) is 22.3 Å². The summed E-state index contributed by atoms with van der Waals surface area (Å²) in [7, 11) is 1.88. The molecule has 6 nitrogen and oxygen atoms in total. The molecule has 0 saturated carbocycles. The van der Waals surface area contributed by atoms with E-state index in [1.54, 1.807) is 24.0 Å². The number of benzene rings is 2. The largest absolute Gasteiger partial charge is 0.329 e. The molecule has 0 unspecified atom stereocenters. The zero-order valence-electron chi connectivity index (χ0n) is 16.5. The zero-order chi connectivity index (χ0) is 21.1. The van der Waals surface area contributed by atoms with E-state index >= 15 is 0 Å². The van der Waals surface area contributed by atoms with E-state index < -0.39 is 5.82 Å². The first-order valence-corrected chi connectivity index (χ1v) is 11.4. The van der Waals surface area contributed by atoms with Crippen LogP contribution in [0.3, 0.4) is 0 Å². The van der Waals surface area contributed by atoms with Crippen molar-refractivity contribution in [3.05, 3.63) is 66.5 Å². The second kappa shape index (κ2) is 8.93. The molecule has 0 aliphatic heterocycles. The van der Waals surface area contributed by atoms with E-state index in [1.807, 2.05) is 52.9 Å². The lowest BCUT2D eigenvalue weighted by Gasteiger charge is -2.13. The quantitative estimate of drug-likeness (QED) is 0.455. The predicted octanol–water partition coefficient (Wildman–Crippen LogP) is 4.56. The molecular weight excluding hydrogens is 421 g/mol. The summed E-state index contributed by atoms with van der Waals surface area (Å²) in [6.07, 6.45) is 5.53. The standard InChI is InChI=1S/C21H20FN5OS2/c1-26-10-9-23-21(26)30-18-8-7-14(22)11-16(18)25-20(28)12-27-17-6-4-3-5-15(17)24-19(27)13-29-2/h3-11H,12-13H2,1-2H3,(H,25,28). The maximum atomic E-state index is 13.9. The Bertz CT molecular complexity index is 1200. The lowest BCUT2D eigenvalue weighted by atomic mass is 10.3. The zero-order valence-corrected chi connectivity index (χ0v) is 18.1. The van der Waals surface area contributed by atoms with Crippen LogP contribution in [0.2, 0.25) is 0 Å². The van der Waals surface area contributed by atoms with Gasteiger partial charge >= 0.3 is 0 Å². The monoisotopic (exact) mass is 441 g/mol. The van der Waals surface area contributed by atoms with Gasteiger partial charge in [0.05, 0.1) is 22.5 Å². The third kappa shape index (κ3) is 4.36. The summed E-state index contributed by atoms with van der Waals surface area (Å²) in [5, 5.41) is 3.61. The predicted molar refractivity (Wildman–Crippen MR) is 119 cm³/mol. The van der Waals surface area contributed by atoms with Crippen LogP contribution in [0, 0.1) is 5.82 Å². The van der Waals surface area contributed by atoms with Crippen LogP contribution in [0.5, 0.6) is 0 Å². The number of thioether (sulfide) groups is 1. The molecule has 0 bridgehead atoms. The highest BCUT2D eigenvalue weighted by atomic mass is 32.2. The first-order valence-electron chi connectivity index (χ1n) is 9.23. The van der Waals surface area contributed by atoms with E-state index in [4.69, 9.17) is 0 Å². The lowest BCUT2D eigenvalue weighted by molar-refractivity contribution is -0.116. The van der Waals surface area contributed by atoms with Gasteiger partial charge in [-0.25, -0.2) is 14.4 Å². The number of aromatic nitrogens is 4. The molecule has 2 aromatic carbocycles. The van der Waals surface area contributed by atoms with E-state index in [1.165, 1.54) is 23.9 Å². The molecule has 9 heteroatoms. The highest BCUT2D eigenvalue weighted by molar-refractivity contribution is 7.99. The summed E-state index contributed by atoms with van der Waals surface area (Å²) in [4.78, 5) is 22.5. The Kier molecular flexibility index (Phi) is 6.10. The van der Waals surface area contributed by atoms with Crippen molar-refractivity contribution in [2.75, 3.05) is 11.6 Å². The number of carbonyl (C=O) groups excluding carboxylic acids is 1. The number of nitrogens with one attached hydrogen (secondary N) is 1. The van der Waals surface area contributed by atoms with Gasteiger partial charge in [-0.2, -0.15) is 11.8 Å². The van der Waals surface area contributed by atoms with Crippen molar-refractivity contribution >= 4 is 46.2 Å². The van der Waals surface area contributed by atoms with Gasteiger partial charge in [-0.05, 0) is 48.3 Å². The third-order valence-corrected chi connectivity index (χ3v) is 6.20. The number of hydrogen-bond donors (Lipinski definition) is 1. The molecule has 0 atom stereocenters. The van der Waals surface area contributed by atoms with Crippen LogP contribution >= 0.6 is 23.5 Å². The SMILES string of the molecule is CSCc1nc2ccccc2n1CC(=O)Nc1cc(F)ccc1Sc1nccn1C. The molecule has 0 spiro atoms. The van der Waals surface area contributed by atoms with Gasteiger partial charge in [0.25, 0.3) is 0 Å². The summed E-state index contributed by atoms with van der Waals surface area (Å²) >= 11 is 3.01. The molecule has 30 heavy (non-hydrogen) atoms. The topological polar surface area (TPSA) is 64.7 Å².